The number of fused-ring (bicyclic) bond motifs is 1. The summed E-state index contributed by atoms with van der Waals surface area (Å²) in [5, 5.41) is 12.7. The van der Waals surface area contributed by atoms with E-state index in [4.69, 9.17) is 20.6 Å². The lowest BCUT2D eigenvalue weighted by atomic mass is 10.0. The van der Waals surface area contributed by atoms with Crippen LogP contribution in [0.2, 0.25) is 0 Å². The molecule has 0 spiro atoms. The van der Waals surface area contributed by atoms with Gasteiger partial charge in [-0.25, -0.2) is 4.98 Å². The van der Waals surface area contributed by atoms with Gasteiger partial charge < -0.3 is 25.9 Å². The van der Waals surface area contributed by atoms with Crippen molar-refractivity contribution in [3.05, 3.63) is 23.3 Å². The molecule has 0 unspecified atom stereocenters. The van der Waals surface area contributed by atoms with E-state index in [0.717, 1.165) is 54.0 Å². The fourth-order valence-corrected chi connectivity index (χ4v) is 3.21. The Morgan fingerprint density at radius 3 is 2.71 bits per heavy atom. The third-order valence-electron chi connectivity index (χ3n) is 4.47. The molecule has 6 heteroatoms. The second-order valence-electron chi connectivity index (χ2n) is 6.24. The lowest BCUT2D eigenvalue weighted by molar-refractivity contribution is 0.0905. The van der Waals surface area contributed by atoms with Gasteiger partial charge in [0.1, 0.15) is 11.6 Å². The molecule has 0 amide bonds. The van der Waals surface area contributed by atoms with Crippen molar-refractivity contribution in [2.75, 3.05) is 31.4 Å². The van der Waals surface area contributed by atoms with Crippen molar-refractivity contribution in [1.29, 1.82) is 5.41 Å². The van der Waals surface area contributed by atoms with Crippen LogP contribution in [0.1, 0.15) is 30.9 Å². The fraction of sp³-hybridized carbons (Fsp3) is 0.444. The van der Waals surface area contributed by atoms with Gasteiger partial charge in [0.2, 0.25) is 0 Å². The minimum Gasteiger partial charge on any atom is -0.496 e. The summed E-state index contributed by atoms with van der Waals surface area (Å²) >= 11 is 0. The van der Waals surface area contributed by atoms with Crippen LogP contribution >= 0.6 is 0 Å². The third-order valence-corrected chi connectivity index (χ3v) is 4.47. The van der Waals surface area contributed by atoms with Crippen LogP contribution in [0.15, 0.2) is 12.1 Å². The third kappa shape index (κ3) is 3.01. The van der Waals surface area contributed by atoms with Gasteiger partial charge in [0.15, 0.2) is 0 Å². The van der Waals surface area contributed by atoms with Crippen LogP contribution in [0.5, 0.6) is 5.75 Å². The van der Waals surface area contributed by atoms with Gasteiger partial charge in [-0.15, -0.1) is 0 Å². The molecule has 2 heterocycles. The first-order valence-electron chi connectivity index (χ1n) is 8.19. The number of hydrogen-bond acceptors (Lipinski definition) is 6. The Bertz CT molecular complexity index is 782. The number of nitrogens with one attached hydrogen (secondary N) is 2. The number of nitrogen functional groups attached to an aromatic ring is 1. The molecule has 128 valence electrons. The minimum atomic E-state index is 0.300. The van der Waals surface area contributed by atoms with Crippen molar-refractivity contribution in [1.82, 2.24) is 4.98 Å². The zero-order valence-corrected chi connectivity index (χ0v) is 14.4. The van der Waals surface area contributed by atoms with Crippen molar-refractivity contribution in [2.45, 2.75) is 32.7 Å². The van der Waals surface area contributed by atoms with Crippen LogP contribution < -0.4 is 15.8 Å². The van der Waals surface area contributed by atoms with Crippen LogP contribution in [0.4, 0.5) is 11.5 Å². The molecule has 4 N–H and O–H groups in total. The molecule has 1 fully saturated rings. The molecule has 1 saturated heterocycles. The normalized spacial score (nSPS) is 15.5. The van der Waals surface area contributed by atoms with Crippen molar-refractivity contribution in [3.8, 4) is 5.75 Å². The summed E-state index contributed by atoms with van der Waals surface area (Å²) in [6.07, 6.45) is 1.87. The zero-order valence-electron chi connectivity index (χ0n) is 14.4. The number of hydrogen-bond donors (Lipinski definition) is 3. The van der Waals surface area contributed by atoms with Gasteiger partial charge in [0.05, 0.1) is 23.9 Å². The predicted octanol–water partition coefficient (Wildman–Crippen LogP) is 3.11. The SMILES string of the molecule is COc1cc2c(NC3CCOCC3)c(C(C)=N)c(N)nc2cc1C. The number of nitrogens with zero attached hydrogens (tertiary/aromatic N) is 1. The maximum atomic E-state index is 8.13. The largest absolute Gasteiger partial charge is 0.496 e. The standard InChI is InChI=1S/C18H24N4O2/c1-10-8-14-13(9-15(10)23-3)17(16(11(2)19)18(20)22-14)21-12-4-6-24-7-5-12/h8-9,12,19H,4-7H2,1-3H3,(H3,20,21,22). The predicted molar refractivity (Wildman–Crippen MR) is 97.4 cm³/mol. The summed E-state index contributed by atoms with van der Waals surface area (Å²) in [6, 6.07) is 4.25. The van der Waals surface area contributed by atoms with Crippen molar-refractivity contribution >= 4 is 28.1 Å². The van der Waals surface area contributed by atoms with E-state index in [0.29, 0.717) is 23.1 Å². The van der Waals surface area contributed by atoms with Crippen molar-refractivity contribution < 1.29 is 9.47 Å². The van der Waals surface area contributed by atoms with Gasteiger partial charge in [0, 0.05) is 30.4 Å². The fourth-order valence-electron chi connectivity index (χ4n) is 3.21. The maximum absolute atomic E-state index is 8.13. The summed E-state index contributed by atoms with van der Waals surface area (Å²) < 4.78 is 10.9. The summed E-state index contributed by atoms with van der Waals surface area (Å²) in [7, 11) is 1.66. The Labute approximate surface area is 141 Å². The number of nitrogens with two attached hydrogens (primary N) is 1. The quantitative estimate of drug-likeness (QED) is 0.750. The van der Waals surface area contributed by atoms with Gasteiger partial charge in [0.25, 0.3) is 0 Å². The highest BCUT2D eigenvalue weighted by molar-refractivity contribution is 6.12. The Kier molecular flexibility index (Phi) is 4.57. The van der Waals surface area contributed by atoms with Gasteiger partial charge in [-0.05, 0) is 44.4 Å². The lowest BCUT2D eigenvalue weighted by Crippen LogP contribution is -2.29. The van der Waals surface area contributed by atoms with Crippen LogP contribution in [0.3, 0.4) is 0 Å². The highest BCUT2D eigenvalue weighted by Gasteiger charge is 2.21. The minimum absolute atomic E-state index is 0.300. The zero-order chi connectivity index (χ0) is 17.3. The highest BCUT2D eigenvalue weighted by atomic mass is 16.5. The van der Waals surface area contributed by atoms with Crippen LogP contribution in [-0.2, 0) is 4.74 Å². The van der Waals surface area contributed by atoms with Gasteiger partial charge in [-0.3, -0.25) is 0 Å². The Balaban J connectivity index is 2.19. The Morgan fingerprint density at radius 1 is 1.38 bits per heavy atom. The van der Waals surface area contributed by atoms with E-state index in [2.05, 4.69) is 10.3 Å². The molecule has 0 radical (unpaired) electrons. The van der Waals surface area contributed by atoms with E-state index in [-0.39, 0.29) is 0 Å². The number of anilines is 2. The number of aromatic nitrogens is 1. The molecule has 0 bridgehead atoms. The molecule has 1 aliphatic heterocycles. The average Bonchev–Trinajstić information content (AvgIpc) is 2.54. The van der Waals surface area contributed by atoms with E-state index >= 15 is 0 Å². The van der Waals surface area contributed by atoms with Crippen LogP contribution in [-0.4, -0.2) is 37.1 Å². The monoisotopic (exact) mass is 328 g/mol. The Morgan fingerprint density at radius 2 is 2.08 bits per heavy atom. The molecule has 1 aromatic carbocycles. The van der Waals surface area contributed by atoms with Gasteiger partial charge >= 0.3 is 0 Å². The number of rotatable bonds is 4. The first-order chi connectivity index (χ1) is 11.5. The maximum Gasteiger partial charge on any atom is 0.135 e. The summed E-state index contributed by atoms with van der Waals surface area (Å²) in [4.78, 5) is 4.50. The molecule has 2 aromatic rings. The molecule has 0 saturated carbocycles. The molecule has 0 atom stereocenters. The Hall–Kier alpha value is -2.34. The second-order valence-corrected chi connectivity index (χ2v) is 6.24. The molecule has 0 aliphatic carbocycles. The van der Waals surface area contributed by atoms with E-state index in [1.165, 1.54) is 0 Å². The number of ether oxygens (including phenoxy) is 2. The van der Waals surface area contributed by atoms with Crippen LogP contribution in [0, 0.1) is 12.3 Å². The molecular formula is C18H24N4O2. The van der Waals surface area contributed by atoms with Gasteiger partial charge in [-0.2, -0.15) is 0 Å². The lowest BCUT2D eigenvalue weighted by Gasteiger charge is -2.26. The molecule has 24 heavy (non-hydrogen) atoms. The molecular weight excluding hydrogens is 304 g/mol. The second kappa shape index (κ2) is 6.65. The number of pyridine rings is 1. The topological polar surface area (TPSA) is 93.2 Å². The average molecular weight is 328 g/mol. The van der Waals surface area contributed by atoms with Gasteiger partial charge in [-0.1, -0.05) is 0 Å². The summed E-state index contributed by atoms with van der Waals surface area (Å²) in [6.45, 7) is 5.21. The van der Waals surface area contributed by atoms with E-state index in [1.54, 1.807) is 14.0 Å². The number of methoxy groups -OCH3 is 1. The molecule has 1 aliphatic rings. The van der Waals surface area contributed by atoms with E-state index < -0.39 is 0 Å². The summed E-state index contributed by atoms with van der Waals surface area (Å²) in [5.41, 5.74) is 9.92. The number of aryl methyl sites for hydroxylation is 1. The first kappa shape index (κ1) is 16.5. The highest BCUT2D eigenvalue weighted by Crippen LogP contribution is 2.35. The van der Waals surface area contributed by atoms with E-state index in [1.807, 2.05) is 19.1 Å². The first-order valence-corrected chi connectivity index (χ1v) is 8.19. The summed E-state index contributed by atoms with van der Waals surface area (Å²) in [5.74, 6) is 1.19. The molecule has 6 nitrogen and oxygen atoms in total. The van der Waals surface area contributed by atoms with Crippen molar-refractivity contribution in [2.24, 2.45) is 0 Å². The van der Waals surface area contributed by atoms with Crippen LogP contribution in [0.25, 0.3) is 10.9 Å². The molecule has 3 rings (SSSR count). The van der Waals surface area contributed by atoms with Crippen molar-refractivity contribution in [3.63, 3.8) is 0 Å². The van der Waals surface area contributed by atoms with E-state index in [9.17, 15) is 0 Å². The molecule has 1 aromatic heterocycles. The smallest absolute Gasteiger partial charge is 0.135 e. The number of benzene rings is 1.